The van der Waals surface area contributed by atoms with E-state index in [1.165, 1.54) is 46.0 Å². The first kappa shape index (κ1) is 10.1. The maximum atomic E-state index is 3.77. The number of fused-ring (bicyclic) bond motifs is 1. The van der Waals surface area contributed by atoms with E-state index in [4.69, 9.17) is 0 Å². The molecule has 3 rings (SSSR count). The lowest BCUT2D eigenvalue weighted by molar-refractivity contribution is 0.910. The predicted molar refractivity (Wildman–Crippen MR) is 71.6 cm³/mol. The fourth-order valence-electron chi connectivity index (χ4n) is 2.46. The van der Waals surface area contributed by atoms with Crippen molar-refractivity contribution in [1.82, 2.24) is 0 Å². The Balaban J connectivity index is 2.16. The Morgan fingerprint density at radius 2 is 1.69 bits per heavy atom. The van der Waals surface area contributed by atoms with Crippen LogP contribution in [0.5, 0.6) is 0 Å². The third kappa shape index (κ3) is 1.60. The molecule has 0 amide bonds. The van der Waals surface area contributed by atoms with Crippen molar-refractivity contribution in [2.75, 3.05) is 0 Å². The summed E-state index contributed by atoms with van der Waals surface area (Å²) in [4.78, 5) is 0. The maximum absolute atomic E-state index is 3.77. The van der Waals surface area contributed by atoms with Gasteiger partial charge in [0.15, 0.2) is 0 Å². The minimum Gasteiger partial charge on any atom is -0.0622 e. The van der Waals surface area contributed by atoms with Crippen molar-refractivity contribution < 1.29 is 0 Å². The molecule has 0 fully saturated rings. The van der Waals surface area contributed by atoms with E-state index in [-0.39, 0.29) is 0 Å². The van der Waals surface area contributed by atoms with E-state index in [1.807, 2.05) is 0 Å². The van der Waals surface area contributed by atoms with Crippen LogP contribution in [0, 0.1) is 0 Å². The van der Waals surface area contributed by atoms with Gasteiger partial charge < -0.3 is 0 Å². The highest BCUT2D eigenvalue weighted by Crippen LogP contribution is 2.36. The van der Waals surface area contributed by atoms with Crippen LogP contribution in [0.2, 0.25) is 0 Å². The topological polar surface area (TPSA) is 0 Å². The van der Waals surface area contributed by atoms with Gasteiger partial charge >= 0.3 is 0 Å². The molecule has 0 nitrogen and oxygen atoms in total. The molecule has 0 heterocycles. The summed E-state index contributed by atoms with van der Waals surface area (Å²) in [7, 11) is 0. The van der Waals surface area contributed by atoms with Crippen molar-refractivity contribution in [2.45, 2.75) is 19.3 Å². The van der Waals surface area contributed by atoms with Gasteiger partial charge in [-0.05, 0) is 57.4 Å². The number of hydrogen-bond donors (Lipinski definition) is 0. The highest BCUT2D eigenvalue weighted by Gasteiger charge is 2.16. The van der Waals surface area contributed by atoms with Gasteiger partial charge in [0.2, 0.25) is 0 Å². The normalized spacial score (nSPS) is 13.8. The first-order chi connectivity index (χ1) is 7.86. The average Bonchev–Trinajstić information content (AvgIpc) is 2.80. The van der Waals surface area contributed by atoms with Crippen molar-refractivity contribution in [3.05, 3.63) is 58.1 Å². The summed E-state index contributed by atoms with van der Waals surface area (Å²) < 4.78 is 1.30. The second-order valence-corrected chi connectivity index (χ2v) is 5.08. The van der Waals surface area contributed by atoms with Crippen LogP contribution < -0.4 is 0 Å². The standard InChI is InChI=1S/C15H13Br/c16-15-13-8-4-7-12(13)9-10-14(15)11-5-2-1-3-6-11/h1-3,5-6,9-10H,4,7-8H2. The monoisotopic (exact) mass is 272 g/mol. The van der Waals surface area contributed by atoms with Crippen molar-refractivity contribution in [2.24, 2.45) is 0 Å². The van der Waals surface area contributed by atoms with Crippen molar-refractivity contribution >= 4 is 15.9 Å². The lowest BCUT2D eigenvalue weighted by Crippen LogP contribution is -1.88. The summed E-state index contributed by atoms with van der Waals surface area (Å²) >= 11 is 3.77. The molecule has 0 aromatic heterocycles. The van der Waals surface area contributed by atoms with Crippen molar-refractivity contribution in [3.8, 4) is 11.1 Å². The van der Waals surface area contributed by atoms with Gasteiger partial charge in [-0.2, -0.15) is 0 Å². The largest absolute Gasteiger partial charge is 0.0622 e. The predicted octanol–water partition coefficient (Wildman–Crippen LogP) is 4.60. The summed E-state index contributed by atoms with van der Waals surface area (Å²) in [5.41, 5.74) is 5.65. The van der Waals surface area contributed by atoms with E-state index in [0.717, 1.165) is 0 Å². The summed E-state index contributed by atoms with van der Waals surface area (Å²) in [6.45, 7) is 0. The highest BCUT2D eigenvalue weighted by molar-refractivity contribution is 9.10. The van der Waals surface area contributed by atoms with Crippen LogP contribution in [-0.4, -0.2) is 0 Å². The molecule has 0 radical (unpaired) electrons. The lowest BCUT2D eigenvalue weighted by atomic mass is 10.0. The average molecular weight is 273 g/mol. The SMILES string of the molecule is Brc1c(-c2ccccc2)ccc2c1CCC2. The number of aryl methyl sites for hydroxylation is 1. The Hall–Kier alpha value is -1.08. The van der Waals surface area contributed by atoms with Gasteiger partial charge in [-0.15, -0.1) is 0 Å². The van der Waals surface area contributed by atoms with E-state index in [9.17, 15) is 0 Å². The zero-order valence-corrected chi connectivity index (χ0v) is 10.6. The molecule has 80 valence electrons. The molecule has 1 heteroatoms. The molecular formula is C15H13Br. The third-order valence-corrected chi connectivity index (χ3v) is 4.20. The van der Waals surface area contributed by atoms with E-state index < -0.39 is 0 Å². The Bertz CT molecular complexity index is 514. The van der Waals surface area contributed by atoms with Gasteiger partial charge in [-0.1, -0.05) is 42.5 Å². The second kappa shape index (κ2) is 4.06. The van der Waals surface area contributed by atoms with E-state index in [1.54, 1.807) is 0 Å². The smallest absolute Gasteiger partial charge is 0.0288 e. The van der Waals surface area contributed by atoms with Crippen LogP contribution in [0.25, 0.3) is 11.1 Å². The van der Waals surface area contributed by atoms with Gasteiger partial charge in [0, 0.05) is 4.47 Å². The molecule has 2 aromatic carbocycles. The molecule has 0 saturated carbocycles. The molecule has 2 aromatic rings. The molecule has 0 saturated heterocycles. The lowest BCUT2D eigenvalue weighted by Gasteiger charge is -2.09. The Morgan fingerprint density at radius 3 is 2.50 bits per heavy atom. The Kier molecular flexibility index (Phi) is 2.56. The van der Waals surface area contributed by atoms with Crippen LogP contribution in [0.15, 0.2) is 46.9 Å². The summed E-state index contributed by atoms with van der Waals surface area (Å²) in [5, 5.41) is 0. The summed E-state index contributed by atoms with van der Waals surface area (Å²) in [5.74, 6) is 0. The molecule has 0 atom stereocenters. The second-order valence-electron chi connectivity index (χ2n) is 4.28. The molecule has 0 bridgehead atoms. The zero-order valence-electron chi connectivity index (χ0n) is 9.04. The molecule has 0 aliphatic heterocycles. The minimum absolute atomic E-state index is 1.22. The summed E-state index contributed by atoms with van der Waals surface area (Å²) in [6.07, 6.45) is 3.76. The highest BCUT2D eigenvalue weighted by atomic mass is 79.9. The van der Waals surface area contributed by atoms with Crippen molar-refractivity contribution in [1.29, 1.82) is 0 Å². The van der Waals surface area contributed by atoms with E-state index >= 15 is 0 Å². The summed E-state index contributed by atoms with van der Waals surface area (Å²) in [6, 6.07) is 15.1. The van der Waals surface area contributed by atoms with Gasteiger partial charge in [-0.25, -0.2) is 0 Å². The maximum Gasteiger partial charge on any atom is 0.0288 e. The number of hydrogen-bond acceptors (Lipinski definition) is 0. The fraction of sp³-hybridized carbons (Fsp3) is 0.200. The molecule has 0 unspecified atom stereocenters. The van der Waals surface area contributed by atoms with E-state index in [0.29, 0.717) is 0 Å². The molecule has 16 heavy (non-hydrogen) atoms. The van der Waals surface area contributed by atoms with Gasteiger partial charge in [0.1, 0.15) is 0 Å². The number of rotatable bonds is 1. The third-order valence-electron chi connectivity index (χ3n) is 3.30. The van der Waals surface area contributed by atoms with Crippen LogP contribution >= 0.6 is 15.9 Å². The first-order valence-corrected chi connectivity index (χ1v) is 6.51. The van der Waals surface area contributed by atoms with Crippen LogP contribution in [0.3, 0.4) is 0 Å². The molecule has 0 spiro atoms. The first-order valence-electron chi connectivity index (χ1n) is 5.72. The fourth-order valence-corrected chi connectivity index (χ4v) is 3.28. The molecule has 0 N–H and O–H groups in total. The van der Waals surface area contributed by atoms with Gasteiger partial charge in [0.25, 0.3) is 0 Å². The number of benzene rings is 2. The van der Waals surface area contributed by atoms with Crippen LogP contribution in [0.4, 0.5) is 0 Å². The van der Waals surface area contributed by atoms with Crippen molar-refractivity contribution in [3.63, 3.8) is 0 Å². The zero-order chi connectivity index (χ0) is 11.0. The van der Waals surface area contributed by atoms with Crippen LogP contribution in [-0.2, 0) is 12.8 Å². The molecule has 1 aliphatic rings. The number of halogens is 1. The minimum atomic E-state index is 1.22. The Labute approximate surface area is 104 Å². The van der Waals surface area contributed by atoms with Crippen LogP contribution in [0.1, 0.15) is 17.5 Å². The van der Waals surface area contributed by atoms with Gasteiger partial charge in [0.05, 0.1) is 0 Å². The molecule has 1 aliphatic carbocycles. The quantitative estimate of drug-likeness (QED) is 0.712. The Morgan fingerprint density at radius 1 is 0.875 bits per heavy atom. The van der Waals surface area contributed by atoms with E-state index in [2.05, 4.69) is 58.4 Å². The van der Waals surface area contributed by atoms with Gasteiger partial charge in [-0.3, -0.25) is 0 Å². The molecular weight excluding hydrogens is 260 g/mol.